The van der Waals surface area contributed by atoms with Gasteiger partial charge in [0.1, 0.15) is 5.82 Å². The maximum absolute atomic E-state index is 12.9. The van der Waals surface area contributed by atoms with Crippen LogP contribution in [-0.4, -0.2) is 32.7 Å². The number of nitrogens with one attached hydrogen (secondary N) is 2. The summed E-state index contributed by atoms with van der Waals surface area (Å²) >= 11 is 0. The minimum Gasteiger partial charge on any atom is -0.385 e. The number of anilines is 1. The van der Waals surface area contributed by atoms with Crippen molar-refractivity contribution in [1.82, 2.24) is 5.32 Å². The van der Waals surface area contributed by atoms with Gasteiger partial charge in [0.25, 0.3) is 0 Å². The average Bonchev–Trinajstić information content (AvgIpc) is 2.35. The van der Waals surface area contributed by atoms with Gasteiger partial charge < -0.3 is 15.4 Å². The van der Waals surface area contributed by atoms with Crippen LogP contribution >= 0.6 is 0 Å². The molecule has 1 aromatic carbocycles. The van der Waals surface area contributed by atoms with Crippen LogP contribution in [0.1, 0.15) is 12.8 Å². The van der Waals surface area contributed by atoms with E-state index in [1.165, 1.54) is 12.1 Å². The summed E-state index contributed by atoms with van der Waals surface area (Å²) in [4.78, 5) is 11.4. The van der Waals surface area contributed by atoms with Crippen LogP contribution in [0.3, 0.4) is 0 Å². The fourth-order valence-electron chi connectivity index (χ4n) is 1.45. The number of benzene rings is 1. The summed E-state index contributed by atoms with van der Waals surface area (Å²) < 4.78 is 17.7. The van der Waals surface area contributed by atoms with Crippen LogP contribution in [0.4, 0.5) is 10.1 Å². The molecule has 5 heteroatoms. The van der Waals surface area contributed by atoms with E-state index in [1.54, 1.807) is 19.2 Å². The van der Waals surface area contributed by atoms with E-state index in [1.807, 2.05) is 0 Å². The SMILES string of the molecule is COCCCNC(=O)CCNc1cccc(F)c1. The van der Waals surface area contributed by atoms with Gasteiger partial charge in [0.05, 0.1) is 0 Å². The molecule has 0 saturated heterocycles. The van der Waals surface area contributed by atoms with Crippen LogP contribution in [-0.2, 0) is 9.53 Å². The molecule has 0 aliphatic heterocycles. The molecule has 0 aliphatic rings. The molecule has 0 unspecified atom stereocenters. The molecule has 18 heavy (non-hydrogen) atoms. The number of halogens is 1. The Bertz CT molecular complexity index is 372. The van der Waals surface area contributed by atoms with Crippen molar-refractivity contribution in [3.63, 3.8) is 0 Å². The Morgan fingerprint density at radius 2 is 2.22 bits per heavy atom. The first-order valence-corrected chi connectivity index (χ1v) is 5.97. The van der Waals surface area contributed by atoms with Crippen molar-refractivity contribution in [2.45, 2.75) is 12.8 Å². The van der Waals surface area contributed by atoms with Gasteiger partial charge in [-0.15, -0.1) is 0 Å². The molecule has 0 atom stereocenters. The van der Waals surface area contributed by atoms with Crippen LogP contribution in [0, 0.1) is 5.82 Å². The number of carbonyl (C=O) groups is 1. The third kappa shape index (κ3) is 6.20. The Morgan fingerprint density at radius 1 is 1.39 bits per heavy atom. The molecule has 4 nitrogen and oxygen atoms in total. The smallest absolute Gasteiger partial charge is 0.221 e. The molecule has 100 valence electrons. The predicted octanol–water partition coefficient (Wildman–Crippen LogP) is 1.78. The van der Waals surface area contributed by atoms with Crippen LogP contribution in [0.25, 0.3) is 0 Å². The molecule has 0 saturated carbocycles. The quantitative estimate of drug-likeness (QED) is 0.695. The van der Waals surface area contributed by atoms with Crippen LogP contribution in [0.5, 0.6) is 0 Å². The van der Waals surface area contributed by atoms with Crippen molar-refractivity contribution in [3.05, 3.63) is 30.1 Å². The maximum Gasteiger partial charge on any atom is 0.221 e. The molecule has 1 aromatic rings. The Morgan fingerprint density at radius 3 is 2.94 bits per heavy atom. The van der Waals surface area contributed by atoms with Gasteiger partial charge in [-0.25, -0.2) is 4.39 Å². The number of hydrogen-bond acceptors (Lipinski definition) is 3. The Kier molecular flexibility index (Phi) is 6.79. The second-order valence-electron chi connectivity index (χ2n) is 3.88. The average molecular weight is 254 g/mol. The molecule has 0 spiro atoms. The molecule has 2 N–H and O–H groups in total. The fourth-order valence-corrected chi connectivity index (χ4v) is 1.45. The van der Waals surface area contributed by atoms with E-state index in [9.17, 15) is 9.18 Å². The number of hydrogen-bond donors (Lipinski definition) is 2. The highest BCUT2D eigenvalue weighted by molar-refractivity contribution is 5.76. The van der Waals surface area contributed by atoms with Crippen LogP contribution in [0.2, 0.25) is 0 Å². The van der Waals surface area contributed by atoms with Gasteiger partial charge in [-0.05, 0) is 24.6 Å². The summed E-state index contributed by atoms with van der Waals surface area (Å²) in [6.45, 7) is 1.74. The zero-order chi connectivity index (χ0) is 13.2. The molecule has 0 fully saturated rings. The summed E-state index contributed by atoms with van der Waals surface area (Å²) in [5.41, 5.74) is 0.683. The highest BCUT2D eigenvalue weighted by Crippen LogP contribution is 2.08. The van der Waals surface area contributed by atoms with E-state index in [2.05, 4.69) is 10.6 Å². The van der Waals surface area contributed by atoms with Gasteiger partial charge in [0.2, 0.25) is 5.91 Å². The van der Waals surface area contributed by atoms with E-state index in [0.717, 1.165) is 6.42 Å². The van der Waals surface area contributed by atoms with E-state index in [-0.39, 0.29) is 11.7 Å². The first kappa shape index (κ1) is 14.4. The molecule has 1 amide bonds. The van der Waals surface area contributed by atoms with Gasteiger partial charge in [-0.1, -0.05) is 6.07 Å². The summed E-state index contributed by atoms with van der Waals surface area (Å²) in [7, 11) is 1.63. The van der Waals surface area contributed by atoms with Crippen molar-refractivity contribution in [3.8, 4) is 0 Å². The zero-order valence-electron chi connectivity index (χ0n) is 10.5. The Labute approximate surface area is 107 Å². The van der Waals surface area contributed by atoms with E-state index >= 15 is 0 Å². The molecular formula is C13H19FN2O2. The minimum absolute atomic E-state index is 0.0185. The van der Waals surface area contributed by atoms with E-state index in [4.69, 9.17) is 4.74 Å². The lowest BCUT2D eigenvalue weighted by Gasteiger charge is -2.07. The third-order valence-electron chi connectivity index (χ3n) is 2.35. The van der Waals surface area contributed by atoms with Crippen molar-refractivity contribution in [2.24, 2.45) is 0 Å². The van der Waals surface area contributed by atoms with Gasteiger partial charge in [0.15, 0.2) is 0 Å². The summed E-state index contributed by atoms with van der Waals surface area (Å²) in [6, 6.07) is 6.17. The monoisotopic (exact) mass is 254 g/mol. The molecule has 1 rings (SSSR count). The van der Waals surface area contributed by atoms with E-state index in [0.29, 0.717) is 31.8 Å². The van der Waals surface area contributed by atoms with Gasteiger partial charge >= 0.3 is 0 Å². The molecule has 0 bridgehead atoms. The van der Waals surface area contributed by atoms with E-state index < -0.39 is 0 Å². The normalized spacial score (nSPS) is 10.1. The highest BCUT2D eigenvalue weighted by atomic mass is 19.1. The van der Waals surface area contributed by atoms with Crippen molar-refractivity contribution in [1.29, 1.82) is 0 Å². The lowest BCUT2D eigenvalue weighted by Crippen LogP contribution is -2.26. The lowest BCUT2D eigenvalue weighted by molar-refractivity contribution is -0.120. The molecule has 0 aliphatic carbocycles. The number of amides is 1. The lowest BCUT2D eigenvalue weighted by atomic mass is 10.3. The highest BCUT2D eigenvalue weighted by Gasteiger charge is 2.00. The molecule has 0 aromatic heterocycles. The topological polar surface area (TPSA) is 50.4 Å². The van der Waals surface area contributed by atoms with Gasteiger partial charge in [-0.3, -0.25) is 4.79 Å². The van der Waals surface area contributed by atoms with Crippen molar-refractivity contribution < 1.29 is 13.9 Å². The maximum atomic E-state index is 12.9. The largest absolute Gasteiger partial charge is 0.385 e. The number of methoxy groups -OCH3 is 1. The Balaban J connectivity index is 2.12. The van der Waals surface area contributed by atoms with Crippen molar-refractivity contribution >= 4 is 11.6 Å². The first-order valence-electron chi connectivity index (χ1n) is 5.97. The summed E-state index contributed by atoms with van der Waals surface area (Å²) in [5.74, 6) is -0.306. The number of ether oxygens (including phenoxy) is 1. The predicted molar refractivity (Wildman–Crippen MR) is 69.0 cm³/mol. The van der Waals surface area contributed by atoms with Gasteiger partial charge in [0, 0.05) is 38.9 Å². The van der Waals surface area contributed by atoms with Crippen molar-refractivity contribution in [2.75, 3.05) is 32.1 Å². The van der Waals surface area contributed by atoms with Gasteiger partial charge in [-0.2, -0.15) is 0 Å². The number of rotatable bonds is 8. The molecular weight excluding hydrogens is 235 g/mol. The van der Waals surface area contributed by atoms with Crippen LogP contribution in [0.15, 0.2) is 24.3 Å². The summed E-state index contributed by atoms with van der Waals surface area (Å²) in [5, 5.41) is 5.77. The number of carbonyl (C=O) groups excluding carboxylic acids is 1. The minimum atomic E-state index is -0.288. The molecule has 0 heterocycles. The zero-order valence-corrected chi connectivity index (χ0v) is 10.5. The third-order valence-corrected chi connectivity index (χ3v) is 2.35. The second kappa shape index (κ2) is 8.47. The fraction of sp³-hybridized carbons (Fsp3) is 0.462. The second-order valence-corrected chi connectivity index (χ2v) is 3.88. The standard InChI is InChI=1S/C13H19FN2O2/c1-18-9-3-7-16-13(17)6-8-15-12-5-2-4-11(14)10-12/h2,4-5,10,15H,3,6-9H2,1H3,(H,16,17). The first-order chi connectivity index (χ1) is 8.72. The Hall–Kier alpha value is -1.62. The molecule has 0 radical (unpaired) electrons. The summed E-state index contributed by atoms with van der Waals surface area (Å²) in [6.07, 6.45) is 1.17. The van der Waals surface area contributed by atoms with Crippen LogP contribution < -0.4 is 10.6 Å².